The van der Waals surface area contributed by atoms with E-state index in [4.69, 9.17) is 4.42 Å². The van der Waals surface area contributed by atoms with E-state index >= 15 is 0 Å². The molecule has 146 valence electrons. The molecule has 0 N–H and O–H groups in total. The molecule has 29 heavy (non-hydrogen) atoms. The number of aromatic nitrogens is 5. The molecule has 9 nitrogen and oxygen atoms in total. The maximum Gasteiger partial charge on any atom is 0.212 e. The van der Waals surface area contributed by atoms with E-state index in [2.05, 4.69) is 20.4 Å². The molecular formula is C19H15N6O3S-. The van der Waals surface area contributed by atoms with E-state index in [1.54, 1.807) is 36.3 Å². The first-order valence-electron chi connectivity index (χ1n) is 8.59. The van der Waals surface area contributed by atoms with E-state index in [9.17, 15) is 9.90 Å². The van der Waals surface area contributed by atoms with Crippen molar-refractivity contribution in [3.8, 4) is 17.1 Å². The summed E-state index contributed by atoms with van der Waals surface area (Å²) in [7, 11) is 0. The van der Waals surface area contributed by atoms with Gasteiger partial charge in [-0.05, 0) is 25.1 Å². The average Bonchev–Trinajstić information content (AvgIpc) is 3.45. The molecule has 0 spiro atoms. The molecule has 4 rings (SSSR count). The van der Waals surface area contributed by atoms with Crippen LogP contribution < -0.4 is 5.11 Å². The Morgan fingerprint density at radius 3 is 2.83 bits per heavy atom. The first kappa shape index (κ1) is 18.7. The number of aliphatic carboxylic acids is 1. The van der Waals surface area contributed by atoms with Gasteiger partial charge in [0.2, 0.25) is 5.16 Å². The number of hydrogen-bond donors (Lipinski definition) is 0. The van der Waals surface area contributed by atoms with E-state index in [1.165, 1.54) is 4.68 Å². The van der Waals surface area contributed by atoms with Gasteiger partial charge < -0.3 is 14.3 Å². The highest BCUT2D eigenvalue weighted by Crippen LogP contribution is 2.26. The minimum Gasteiger partial charge on any atom is -0.549 e. The minimum atomic E-state index is -1.20. The number of furan rings is 1. The fraction of sp³-hybridized carbons (Fsp3) is 0.105. The van der Waals surface area contributed by atoms with Gasteiger partial charge >= 0.3 is 0 Å². The zero-order valence-corrected chi connectivity index (χ0v) is 16.1. The molecule has 0 saturated heterocycles. The summed E-state index contributed by atoms with van der Waals surface area (Å²) in [6, 6.07) is 11.5. The van der Waals surface area contributed by atoms with Gasteiger partial charge in [-0.1, -0.05) is 30.0 Å². The van der Waals surface area contributed by atoms with Crippen LogP contribution >= 0.6 is 11.8 Å². The van der Waals surface area contributed by atoms with Crippen molar-refractivity contribution in [3.63, 3.8) is 0 Å². The molecule has 10 heteroatoms. The van der Waals surface area contributed by atoms with Crippen molar-refractivity contribution < 1.29 is 14.3 Å². The zero-order chi connectivity index (χ0) is 20.2. The Morgan fingerprint density at radius 2 is 2.10 bits per heavy atom. The summed E-state index contributed by atoms with van der Waals surface area (Å²) < 4.78 is 8.55. The fourth-order valence-electron chi connectivity index (χ4n) is 2.62. The van der Waals surface area contributed by atoms with Crippen molar-refractivity contribution in [2.45, 2.75) is 12.1 Å². The predicted octanol–water partition coefficient (Wildman–Crippen LogP) is 1.76. The van der Waals surface area contributed by atoms with Crippen molar-refractivity contribution in [3.05, 3.63) is 66.4 Å². The summed E-state index contributed by atoms with van der Waals surface area (Å²) in [5.74, 6) is -0.353. The number of carboxylic acids is 1. The second kappa shape index (κ2) is 8.15. The Kier molecular flexibility index (Phi) is 5.25. The fourth-order valence-corrected chi connectivity index (χ4v) is 3.22. The van der Waals surface area contributed by atoms with Gasteiger partial charge in [-0.3, -0.25) is 0 Å². The number of benzene rings is 1. The third-order valence-electron chi connectivity index (χ3n) is 3.98. The van der Waals surface area contributed by atoms with Crippen LogP contribution in [0.4, 0.5) is 0 Å². The molecule has 1 aromatic carbocycles. The maximum atomic E-state index is 10.8. The number of carbonyl (C=O) groups excluding carboxylic acids is 1. The van der Waals surface area contributed by atoms with E-state index in [0.717, 1.165) is 28.6 Å². The van der Waals surface area contributed by atoms with Crippen LogP contribution in [0.5, 0.6) is 0 Å². The SMILES string of the molecule is Cc1occc1-c1nnc(SCC(=O)[O-])n1/N=C\c1cnn(-c2ccccc2)c1. The topological polar surface area (TPSA) is 114 Å². The van der Waals surface area contributed by atoms with Crippen molar-refractivity contribution in [2.75, 3.05) is 5.75 Å². The number of rotatable bonds is 7. The number of nitrogens with zero attached hydrogens (tertiary/aromatic N) is 6. The lowest BCUT2D eigenvalue weighted by molar-refractivity contribution is -0.301. The monoisotopic (exact) mass is 407 g/mol. The van der Waals surface area contributed by atoms with Crippen LogP contribution in [-0.4, -0.2) is 42.6 Å². The average molecular weight is 407 g/mol. The first-order chi connectivity index (χ1) is 14.1. The molecule has 0 amide bonds. The van der Waals surface area contributed by atoms with Crippen LogP contribution in [0.25, 0.3) is 17.1 Å². The summed E-state index contributed by atoms with van der Waals surface area (Å²) in [6.45, 7) is 1.80. The molecule has 0 atom stereocenters. The maximum absolute atomic E-state index is 10.8. The van der Waals surface area contributed by atoms with Crippen LogP contribution in [0, 0.1) is 6.92 Å². The van der Waals surface area contributed by atoms with Crippen LogP contribution in [0.1, 0.15) is 11.3 Å². The predicted molar refractivity (Wildman–Crippen MR) is 105 cm³/mol. The molecule has 0 aliphatic carbocycles. The molecule has 0 radical (unpaired) electrons. The largest absolute Gasteiger partial charge is 0.549 e. The van der Waals surface area contributed by atoms with E-state index in [-0.39, 0.29) is 5.75 Å². The lowest BCUT2D eigenvalue weighted by atomic mass is 10.2. The highest BCUT2D eigenvalue weighted by atomic mass is 32.2. The van der Waals surface area contributed by atoms with Gasteiger partial charge in [0.1, 0.15) is 5.76 Å². The van der Waals surface area contributed by atoms with E-state index in [0.29, 0.717) is 16.7 Å². The third kappa shape index (κ3) is 4.11. The molecule has 0 fully saturated rings. The van der Waals surface area contributed by atoms with Crippen molar-refractivity contribution in [1.29, 1.82) is 0 Å². The van der Waals surface area contributed by atoms with Crippen LogP contribution in [0.2, 0.25) is 0 Å². The number of para-hydroxylation sites is 1. The molecule has 0 aliphatic rings. The Balaban J connectivity index is 1.66. The quantitative estimate of drug-likeness (QED) is 0.339. The zero-order valence-electron chi connectivity index (χ0n) is 15.3. The summed E-state index contributed by atoms with van der Waals surface area (Å²) >= 11 is 0.978. The molecule has 0 unspecified atom stereocenters. The number of carbonyl (C=O) groups is 1. The van der Waals surface area contributed by atoms with Crippen molar-refractivity contribution in [1.82, 2.24) is 24.7 Å². The molecule has 0 bridgehead atoms. The molecule has 3 aromatic heterocycles. The standard InChI is InChI=1S/C19H16N6O3S/c1-13-16(7-8-28-13)18-22-23-19(29-12-17(26)27)25(18)21-10-14-9-20-24(11-14)15-5-3-2-4-6-15/h2-11H,12H2,1H3,(H,26,27)/p-1/b21-10-. The summed E-state index contributed by atoms with van der Waals surface area (Å²) in [5.41, 5.74) is 2.40. The minimum absolute atomic E-state index is 0.260. The lowest BCUT2D eigenvalue weighted by Gasteiger charge is -2.04. The molecule has 0 saturated carbocycles. The molecule has 4 aromatic rings. The van der Waals surface area contributed by atoms with Crippen LogP contribution in [-0.2, 0) is 4.79 Å². The normalized spacial score (nSPS) is 11.3. The first-order valence-corrected chi connectivity index (χ1v) is 9.57. The smallest absolute Gasteiger partial charge is 0.212 e. The second-order valence-electron chi connectivity index (χ2n) is 5.97. The van der Waals surface area contributed by atoms with Gasteiger partial charge in [0, 0.05) is 17.5 Å². The van der Waals surface area contributed by atoms with Gasteiger partial charge in [-0.2, -0.15) is 14.9 Å². The Labute approximate surface area is 169 Å². The summed E-state index contributed by atoms with van der Waals surface area (Å²) in [4.78, 5) is 10.8. The molecule has 3 heterocycles. The summed E-state index contributed by atoms with van der Waals surface area (Å²) in [5, 5.41) is 28.2. The van der Waals surface area contributed by atoms with Gasteiger partial charge in [-0.15, -0.1) is 10.2 Å². The highest BCUT2D eigenvalue weighted by molar-refractivity contribution is 7.99. The lowest BCUT2D eigenvalue weighted by Crippen LogP contribution is -2.24. The third-order valence-corrected chi connectivity index (χ3v) is 4.87. The number of carboxylic acid groups (broad SMARTS) is 1. The number of thioether (sulfide) groups is 1. The Hall–Kier alpha value is -3.66. The van der Waals surface area contributed by atoms with Gasteiger partial charge in [0.15, 0.2) is 5.82 Å². The van der Waals surface area contributed by atoms with E-state index < -0.39 is 5.97 Å². The van der Waals surface area contributed by atoms with E-state index in [1.807, 2.05) is 36.5 Å². The molecule has 0 aliphatic heterocycles. The second-order valence-corrected chi connectivity index (χ2v) is 6.91. The van der Waals surface area contributed by atoms with Crippen LogP contribution in [0.3, 0.4) is 0 Å². The van der Waals surface area contributed by atoms with Crippen molar-refractivity contribution in [2.24, 2.45) is 5.10 Å². The van der Waals surface area contributed by atoms with Gasteiger partial charge in [0.25, 0.3) is 0 Å². The van der Waals surface area contributed by atoms with Gasteiger partial charge in [-0.25, -0.2) is 4.68 Å². The number of aryl methyl sites for hydroxylation is 1. The van der Waals surface area contributed by atoms with Crippen LogP contribution in [0.15, 0.2) is 69.7 Å². The van der Waals surface area contributed by atoms with Gasteiger partial charge in [0.05, 0.1) is 35.9 Å². The Morgan fingerprint density at radius 1 is 1.28 bits per heavy atom. The Bertz CT molecular complexity index is 1160. The summed E-state index contributed by atoms with van der Waals surface area (Å²) in [6.07, 6.45) is 6.67. The number of hydrogen-bond acceptors (Lipinski definition) is 8. The highest BCUT2D eigenvalue weighted by Gasteiger charge is 2.17. The van der Waals surface area contributed by atoms with Crippen molar-refractivity contribution >= 4 is 23.9 Å². The molecular weight excluding hydrogens is 392 g/mol.